The molecule has 1 aromatic rings. The average molecular weight is 649 g/mol. The predicted molar refractivity (Wildman–Crippen MR) is 182 cm³/mol. The number of methoxy groups -OCH3 is 1. The van der Waals surface area contributed by atoms with E-state index in [1.54, 1.807) is 18.2 Å². The second-order valence-electron chi connectivity index (χ2n) is 17.1. The molecular formula is C40H56O7. The molecule has 4 saturated carbocycles. The highest BCUT2D eigenvalue weighted by atomic mass is 16.5. The Morgan fingerprint density at radius 2 is 1.72 bits per heavy atom. The van der Waals surface area contributed by atoms with Crippen LogP contribution < -0.4 is 4.74 Å². The van der Waals surface area contributed by atoms with Crippen molar-refractivity contribution in [3.05, 3.63) is 41.5 Å². The van der Waals surface area contributed by atoms with Crippen molar-refractivity contribution >= 4 is 18.0 Å². The Labute approximate surface area is 280 Å². The van der Waals surface area contributed by atoms with Crippen LogP contribution in [0.1, 0.15) is 105 Å². The Balaban J connectivity index is 1.40. The molecule has 0 spiro atoms. The van der Waals surface area contributed by atoms with Crippen LogP contribution in [-0.4, -0.2) is 47.1 Å². The number of ether oxygens (including phenoxy) is 2. The van der Waals surface area contributed by atoms with Gasteiger partial charge in [0, 0.05) is 11.5 Å². The van der Waals surface area contributed by atoms with E-state index in [1.165, 1.54) is 24.8 Å². The Morgan fingerprint density at radius 1 is 0.979 bits per heavy atom. The topological polar surface area (TPSA) is 113 Å². The number of allylic oxidation sites excluding steroid dienone is 1. The highest BCUT2D eigenvalue weighted by Crippen LogP contribution is 2.76. The average Bonchev–Trinajstić information content (AvgIpc) is 3.03. The van der Waals surface area contributed by atoms with Crippen LogP contribution in [0.3, 0.4) is 0 Å². The lowest BCUT2D eigenvalue weighted by molar-refractivity contribution is -0.218. The van der Waals surface area contributed by atoms with Crippen molar-refractivity contribution in [3.63, 3.8) is 0 Å². The molecule has 0 bridgehead atoms. The molecule has 10 atom stereocenters. The van der Waals surface area contributed by atoms with Crippen LogP contribution in [-0.2, 0) is 14.3 Å². The van der Waals surface area contributed by atoms with E-state index in [2.05, 4.69) is 47.6 Å². The molecule has 258 valence electrons. The van der Waals surface area contributed by atoms with Crippen molar-refractivity contribution < 1.29 is 34.4 Å². The van der Waals surface area contributed by atoms with Crippen molar-refractivity contribution in [2.75, 3.05) is 13.7 Å². The fourth-order valence-electron chi connectivity index (χ4n) is 12.2. The van der Waals surface area contributed by atoms with Crippen molar-refractivity contribution in [1.82, 2.24) is 0 Å². The number of rotatable bonds is 6. The van der Waals surface area contributed by atoms with Gasteiger partial charge in [-0.15, -0.1) is 0 Å². The quantitative estimate of drug-likeness (QED) is 0.163. The first-order chi connectivity index (χ1) is 22.1. The van der Waals surface area contributed by atoms with E-state index < -0.39 is 22.8 Å². The van der Waals surface area contributed by atoms with Crippen molar-refractivity contribution in [1.29, 1.82) is 0 Å². The molecule has 3 N–H and O–H groups in total. The van der Waals surface area contributed by atoms with E-state index in [9.17, 15) is 24.9 Å². The lowest BCUT2D eigenvalue weighted by atomic mass is 9.33. The predicted octanol–water partition coefficient (Wildman–Crippen LogP) is 8.04. The number of carbonyl (C=O) groups excluding carboxylic acids is 1. The highest BCUT2D eigenvalue weighted by Gasteiger charge is 2.71. The van der Waals surface area contributed by atoms with Crippen LogP contribution in [0, 0.1) is 56.7 Å². The minimum atomic E-state index is -0.787. The van der Waals surface area contributed by atoms with Gasteiger partial charge in [0.05, 0.1) is 18.6 Å². The maximum Gasteiger partial charge on any atom is 0.330 e. The minimum absolute atomic E-state index is 0.0133. The summed E-state index contributed by atoms with van der Waals surface area (Å²) in [5, 5.41) is 32.0. The summed E-state index contributed by atoms with van der Waals surface area (Å²) in [7, 11) is 1.49. The Hall–Kier alpha value is -2.80. The Morgan fingerprint density at radius 3 is 2.43 bits per heavy atom. The van der Waals surface area contributed by atoms with Crippen molar-refractivity contribution in [2.45, 2.75) is 105 Å². The molecule has 7 heteroatoms. The summed E-state index contributed by atoms with van der Waals surface area (Å²) in [6.07, 6.45) is 12.7. The number of aliphatic hydroxyl groups is 1. The van der Waals surface area contributed by atoms with Crippen LogP contribution in [0.5, 0.6) is 11.5 Å². The van der Waals surface area contributed by atoms with E-state index in [4.69, 9.17) is 9.47 Å². The second kappa shape index (κ2) is 11.7. The fraction of sp³-hybridized carbons (Fsp3) is 0.700. The monoisotopic (exact) mass is 648 g/mol. The number of phenols is 1. The van der Waals surface area contributed by atoms with Gasteiger partial charge in [-0.2, -0.15) is 0 Å². The first-order valence-corrected chi connectivity index (χ1v) is 17.9. The number of hydrogen-bond donors (Lipinski definition) is 3. The van der Waals surface area contributed by atoms with Gasteiger partial charge < -0.3 is 24.8 Å². The van der Waals surface area contributed by atoms with Crippen molar-refractivity contribution in [3.8, 4) is 11.5 Å². The largest absolute Gasteiger partial charge is 0.504 e. The normalized spacial score (nSPS) is 42.3. The third kappa shape index (κ3) is 4.91. The maximum atomic E-state index is 13.5. The smallest absolute Gasteiger partial charge is 0.330 e. The number of esters is 1. The Bertz CT molecular complexity index is 1480. The van der Waals surface area contributed by atoms with Gasteiger partial charge in [-0.05, 0) is 127 Å². The molecule has 47 heavy (non-hydrogen) atoms. The minimum Gasteiger partial charge on any atom is -0.504 e. The van der Waals surface area contributed by atoms with E-state index in [0.717, 1.165) is 38.5 Å². The second-order valence-corrected chi connectivity index (χ2v) is 17.1. The number of aliphatic carboxylic acids is 1. The Kier molecular flexibility index (Phi) is 8.46. The summed E-state index contributed by atoms with van der Waals surface area (Å²) in [6.45, 7) is 14.1. The number of phenolic OH excluding ortho intramolecular Hbond substituents is 1. The number of fused-ring (bicyclic) bond motifs is 7. The summed E-state index contributed by atoms with van der Waals surface area (Å²) in [5.41, 5.74) is 0.329. The van der Waals surface area contributed by atoms with Gasteiger partial charge in [0.15, 0.2) is 11.5 Å². The first kappa shape index (κ1) is 34.1. The molecule has 1 aromatic carbocycles. The molecule has 5 aliphatic carbocycles. The molecule has 0 aromatic heterocycles. The molecule has 0 aliphatic heterocycles. The van der Waals surface area contributed by atoms with Gasteiger partial charge in [-0.1, -0.05) is 59.3 Å². The van der Waals surface area contributed by atoms with Crippen molar-refractivity contribution in [2.24, 2.45) is 56.7 Å². The molecule has 5 aliphatic rings. The summed E-state index contributed by atoms with van der Waals surface area (Å²) in [5.74, 6) is 0.499. The number of carboxylic acids is 1. The zero-order chi connectivity index (χ0) is 34.2. The maximum absolute atomic E-state index is 13.5. The van der Waals surface area contributed by atoms with Crippen LogP contribution in [0.15, 0.2) is 35.9 Å². The summed E-state index contributed by atoms with van der Waals surface area (Å²) in [6, 6.07) is 4.92. The molecule has 7 nitrogen and oxygen atoms in total. The van der Waals surface area contributed by atoms with Gasteiger partial charge in [-0.3, -0.25) is 4.79 Å². The van der Waals surface area contributed by atoms with E-state index in [1.807, 2.05) is 0 Å². The standard InChI is InChI=1S/C40H56O7/c1-24-14-19-39(35(44)45)20-21-40(23-47-33(43)13-9-26-8-11-28(41)29(22-26)46-7)27(34(39)25(24)2)10-12-31-37(5)17-16-32(42)36(3,4)30(37)15-18-38(31,40)6/h8-11,13,22,24-25,30-32,34,41-42H,12,14-21,23H2,1-7H3,(H,44,45)/b13-9+/t24?,25-,30?,31?,32-,34?,37-,38+,39-,40?/m0/s1. The number of benzene rings is 1. The van der Waals surface area contributed by atoms with Crippen LogP contribution >= 0.6 is 0 Å². The third-order valence-electron chi connectivity index (χ3n) is 15.1. The molecule has 0 saturated heterocycles. The molecule has 0 amide bonds. The zero-order valence-electron chi connectivity index (χ0n) is 29.5. The molecule has 6 rings (SSSR count). The lowest BCUT2D eigenvalue weighted by Crippen LogP contribution is -2.67. The third-order valence-corrected chi connectivity index (χ3v) is 15.1. The van der Waals surface area contributed by atoms with E-state index in [0.29, 0.717) is 48.3 Å². The molecule has 4 fully saturated rings. The van der Waals surface area contributed by atoms with Gasteiger partial charge in [0.25, 0.3) is 0 Å². The van der Waals surface area contributed by atoms with E-state index >= 15 is 0 Å². The summed E-state index contributed by atoms with van der Waals surface area (Å²) >= 11 is 0. The van der Waals surface area contributed by atoms with Crippen LogP contribution in [0.4, 0.5) is 0 Å². The number of carbonyl (C=O) groups is 2. The number of aromatic hydroxyl groups is 1. The molecular weight excluding hydrogens is 592 g/mol. The van der Waals surface area contributed by atoms with Gasteiger partial charge in [0.1, 0.15) is 6.61 Å². The molecule has 0 radical (unpaired) electrons. The van der Waals surface area contributed by atoms with E-state index in [-0.39, 0.29) is 46.5 Å². The van der Waals surface area contributed by atoms with Gasteiger partial charge in [-0.25, -0.2) is 4.79 Å². The molecule has 0 heterocycles. The SMILES string of the molecule is COc1cc(/C=C/C(=O)OCC23CC[C@@]4(C(=O)O)CCC(C)[C@H](C)C4C2=CCC2[C@@]4(C)CC[C@H](O)C(C)(C)C4CC[C@]23C)ccc1O. The fourth-order valence-corrected chi connectivity index (χ4v) is 12.2. The summed E-state index contributed by atoms with van der Waals surface area (Å²) in [4.78, 5) is 26.7. The number of carboxylic acid groups (broad SMARTS) is 1. The van der Waals surface area contributed by atoms with Crippen LogP contribution in [0.25, 0.3) is 6.08 Å². The number of hydrogen-bond acceptors (Lipinski definition) is 6. The van der Waals surface area contributed by atoms with Gasteiger partial charge >= 0.3 is 11.9 Å². The zero-order valence-corrected chi connectivity index (χ0v) is 29.5. The number of aliphatic hydroxyl groups excluding tert-OH is 1. The molecule has 5 unspecified atom stereocenters. The van der Waals surface area contributed by atoms with Gasteiger partial charge in [0.2, 0.25) is 0 Å². The summed E-state index contributed by atoms with van der Waals surface area (Å²) < 4.78 is 11.5. The first-order valence-electron chi connectivity index (χ1n) is 17.9. The highest BCUT2D eigenvalue weighted by molar-refractivity contribution is 5.87. The van der Waals surface area contributed by atoms with Crippen LogP contribution in [0.2, 0.25) is 0 Å². The lowest BCUT2D eigenvalue weighted by Gasteiger charge is -2.71.